The molecule has 0 radical (unpaired) electrons. The van der Waals surface area contributed by atoms with Crippen molar-refractivity contribution < 1.29 is 4.57 Å². The van der Waals surface area contributed by atoms with Crippen LogP contribution in [0.4, 0.5) is 0 Å². The monoisotopic (exact) mass is 945 g/mol. The van der Waals surface area contributed by atoms with E-state index in [9.17, 15) is 0 Å². The Morgan fingerprint density at radius 2 is 0.441 bits per heavy atom. The maximum absolute atomic E-state index is 15.6. The van der Waals surface area contributed by atoms with Crippen LogP contribution < -0.4 is 15.9 Å². The number of hydrogen-bond donors (Lipinski definition) is 0. The zero-order valence-electron chi connectivity index (χ0n) is 44.8. The molecule has 0 saturated heterocycles. The molecule has 0 amide bonds. The van der Waals surface area contributed by atoms with E-state index in [4.69, 9.17) is 0 Å². The molecule has 0 heterocycles. The van der Waals surface area contributed by atoms with Gasteiger partial charge in [0.2, 0.25) is 0 Å². The smallest absolute Gasteiger partial charge is 0.171 e. The first kappa shape index (κ1) is 59.4. The molecule has 2 heteroatoms. The van der Waals surface area contributed by atoms with E-state index in [1.54, 1.807) is 0 Å². The van der Waals surface area contributed by atoms with Crippen molar-refractivity contribution in [3.05, 3.63) is 108 Å². The Morgan fingerprint density at radius 1 is 0.265 bits per heavy atom. The highest BCUT2D eigenvalue weighted by Gasteiger charge is 2.29. The molecule has 0 aliphatic carbocycles. The molecule has 380 valence electrons. The van der Waals surface area contributed by atoms with Crippen LogP contribution in [0.3, 0.4) is 0 Å². The molecule has 68 heavy (non-hydrogen) atoms. The van der Waals surface area contributed by atoms with Gasteiger partial charge < -0.3 is 4.57 Å². The summed E-state index contributed by atoms with van der Waals surface area (Å²) in [6, 6.07) is 25.7. The molecule has 0 N–H and O–H groups in total. The van der Waals surface area contributed by atoms with E-state index in [1.165, 1.54) is 248 Å². The number of hydrogen-bond acceptors (Lipinski definition) is 1. The molecule has 1 nitrogen and oxygen atoms in total. The summed E-state index contributed by atoms with van der Waals surface area (Å²) in [5, 5.41) is 2.71. The Balaban J connectivity index is 1.52. The van der Waals surface area contributed by atoms with Gasteiger partial charge in [0.1, 0.15) is 0 Å². The average molecular weight is 946 g/mol. The normalized spacial score (nSPS) is 12.2. The Bertz CT molecular complexity index is 1510. The fourth-order valence-electron chi connectivity index (χ4n) is 9.80. The summed E-state index contributed by atoms with van der Waals surface area (Å²) in [6.45, 7) is 6.89. The maximum atomic E-state index is 15.6. The van der Waals surface area contributed by atoms with Crippen LogP contribution in [0.2, 0.25) is 0 Å². The Labute approximate surface area is 422 Å². The average Bonchev–Trinajstić information content (AvgIpc) is 3.37. The van der Waals surface area contributed by atoms with Crippen molar-refractivity contribution in [3.63, 3.8) is 0 Å². The minimum absolute atomic E-state index is 0.904. The van der Waals surface area contributed by atoms with Crippen molar-refractivity contribution in [1.29, 1.82) is 0 Å². The highest BCUT2D eigenvalue weighted by atomic mass is 31.2. The molecule has 0 fully saturated rings. The number of rotatable bonds is 45. The third kappa shape index (κ3) is 28.1. The summed E-state index contributed by atoms with van der Waals surface area (Å²) in [7, 11) is -3.09. The van der Waals surface area contributed by atoms with Crippen LogP contribution in [0.25, 0.3) is 18.2 Å². The zero-order valence-corrected chi connectivity index (χ0v) is 45.7. The van der Waals surface area contributed by atoms with Gasteiger partial charge in [-0.1, -0.05) is 342 Å². The predicted molar refractivity (Wildman–Crippen MR) is 310 cm³/mol. The van der Waals surface area contributed by atoms with Gasteiger partial charge in [0.15, 0.2) is 7.14 Å². The molecule has 0 atom stereocenters. The van der Waals surface area contributed by atoms with Gasteiger partial charge in [-0.25, -0.2) is 0 Å². The molecule has 0 spiro atoms. The first-order valence-corrected chi connectivity index (χ1v) is 31.2. The van der Waals surface area contributed by atoms with Gasteiger partial charge in [-0.05, 0) is 55.2 Å². The van der Waals surface area contributed by atoms with E-state index in [1.807, 2.05) is 0 Å². The van der Waals surface area contributed by atoms with E-state index in [0.29, 0.717) is 0 Å². The predicted octanol–water partition coefficient (Wildman–Crippen LogP) is 21.6. The lowest BCUT2D eigenvalue weighted by Crippen LogP contribution is -2.25. The summed E-state index contributed by atoms with van der Waals surface area (Å²) >= 11 is 0. The quantitative estimate of drug-likeness (QED) is 0.0408. The summed E-state index contributed by atoms with van der Waals surface area (Å²) < 4.78 is 15.6. The molecule has 3 aromatic rings. The molecule has 0 unspecified atom stereocenters. The number of benzene rings is 3. The van der Waals surface area contributed by atoms with Crippen LogP contribution in [-0.4, -0.2) is 0 Å². The van der Waals surface area contributed by atoms with Crippen molar-refractivity contribution in [2.45, 2.75) is 271 Å². The van der Waals surface area contributed by atoms with Gasteiger partial charge in [-0.3, -0.25) is 0 Å². The third-order valence-corrected chi connectivity index (χ3v) is 17.5. The second-order valence-electron chi connectivity index (χ2n) is 20.6. The van der Waals surface area contributed by atoms with Crippen molar-refractivity contribution in [2.24, 2.45) is 0 Å². The van der Waals surface area contributed by atoms with Gasteiger partial charge in [0, 0.05) is 15.9 Å². The lowest BCUT2D eigenvalue weighted by atomic mass is 10.0. The summed E-state index contributed by atoms with van der Waals surface area (Å²) in [6.07, 6.45) is 66.9. The van der Waals surface area contributed by atoms with Crippen LogP contribution in [-0.2, 0) is 4.57 Å². The third-order valence-electron chi connectivity index (χ3n) is 14.4. The van der Waals surface area contributed by atoms with Crippen LogP contribution in [0.15, 0.2) is 91.0 Å². The second kappa shape index (κ2) is 41.9. The van der Waals surface area contributed by atoms with E-state index >= 15 is 4.57 Å². The van der Waals surface area contributed by atoms with E-state index in [0.717, 1.165) is 35.2 Å². The minimum Gasteiger partial charge on any atom is -0.309 e. The molecule has 3 rings (SSSR count). The fraction of sp³-hybridized carbons (Fsp3) is 0.636. The Hall–Kier alpha value is -2.89. The van der Waals surface area contributed by atoms with Crippen LogP contribution in [0, 0.1) is 0 Å². The van der Waals surface area contributed by atoms with Gasteiger partial charge in [-0.2, -0.15) is 0 Å². The molecule has 0 aromatic heterocycles. The number of allylic oxidation sites excluding steroid dienone is 3. The molecule has 0 bridgehead atoms. The maximum Gasteiger partial charge on any atom is 0.171 e. The molecule has 0 aliphatic rings. The lowest BCUT2D eigenvalue weighted by Gasteiger charge is -2.20. The summed E-state index contributed by atoms with van der Waals surface area (Å²) in [4.78, 5) is 0. The fourth-order valence-corrected chi connectivity index (χ4v) is 12.4. The summed E-state index contributed by atoms with van der Waals surface area (Å²) in [5.74, 6) is 0. The molecular formula is C66H105OP. The second-order valence-corrected chi connectivity index (χ2v) is 23.4. The van der Waals surface area contributed by atoms with Crippen LogP contribution >= 0.6 is 7.14 Å². The van der Waals surface area contributed by atoms with Gasteiger partial charge in [-0.15, -0.1) is 0 Å². The van der Waals surface area contributed by atoms with Crippen LogP contribution in [0.1, 0.15) is 288 Å². The topological polar surface area (TPSA) is 17.1 Å². The van der Waals surface area contributed by atoms with Crippen LogP contribution in [0.5, 0.6) is 0 Å². The lowest BCUT2D eigenvalue weighted by molar-refractivity contribution is 0.545. The number of unbranched alkanes of at least 4 members (excludes halogenated alkanes) is 36. The Morgan fingerprint density at radius 3 is 0.632 bits per heavy atom. The molecular weight excluding hydrogens is 840 g/mol. The highest BCUT2D eigenvalue weighted by Crippen LogP contribution is 2.42. The van der Waals surface area contributed by atoms with Crippen molar-refractivity contribution in [3.8, 4) is 0 Å². The van der Waals surface area contributed by atoms with Crippen molar-refractivity contribution in [2.75, 3.05) is 0 Å². The van der Waals surface area contributed by atoms with E-state index in [-0.39, 0.29) is 0 Å². The van der Waals surface area contributed by atoms with Crippen molar-refractivity contribution >= 4 is 41.3 Å². The zero-order chi connectivity index (χ0) is 48.3. The minimum atomic E-state index is -3.09. The van der Waals surface area contributed by atoms with Crippen molar-refractivity contribution in [1.82, 2.24) is 0 Å². The van der Waals surface area contributed by atoms with Gasteiger partial charge >= 0.3 is 0 Å². The molecule has 0 saturated carbocycles. The van der Waals surface area contributed by atoms with E-state index in [2.05, 4.69) is 130 Å². The van der Waals surface area contributed by atoms with Gasteiger partial charge in [0.05, 0.1) is 0 Å². The van der Waals surface area contributed by atoms with E-state index < -0.39 is 7.14 Å². The summed E-state index contributed by atoms with van der Waals surface area (Å²) in [5.41, 5.74) is 3.55. The first-order valence-electron chi connectivity index (χ1n) is 29.5. The SMILES string of the molecule is CCCCCCCCCCCCCC/C=C/c1ccc(P(=O)(c2ccc(/C=C/CCCCCCCCCCCCCC)cc2)c2ccc(/C=C/CCCCCCCCCCCCCC)cc2)cc1. The molecule has 0 aliphatic heterocycles. The standard InChI is InChI=1S/C66H105OP/c1-4-7-10-13-16-19-22-25-28-31-34-37-40-43-46-61-49-55-64(56-50-61)68(67,65-57-51-62(52-58-65)47-44-41-38-35-32-29-26-23-20-17-14-11-8-5-2)66-59-53-63(54-60-66)48-45-42-39-36-33-30-27-24-21-18-15-12-9-6-3/h43-60H,4-42H2,1-3H3/b46-43+,47-44+,48-45+. The Kier molecular flexibility index (Phi) is 36.6. The highest BCUT2D eigenvalue weighted by molar-refractivity contribution is 7.85. The molecule has 3 aromatic carbocycles. The largest absolute Gasteiger partial charge is 0.309 e. The van der Waals surface area contributed by atoms with Gasteiger partial charge in [0.25, 0.3) is 0 Å². The first-order chi connectivity index (χ1) is 33.6.